The molecule has 0 bridgehead atoms. The number of benzene rings is 2. The predicted molar refractivity (Wildman–Crippen MR) is 108 cm³/mol. The quantitative estimate of drug-likeness (QED) is 0.528. The van der Waals surface area contributed by atoms with Crippen molar-refractivity contribution in [2.45, 2.75) is 6.54 Å². The molecule has 0 fully saturated rings. The summed E-state index contributed by atoms with van der Waals surface area (Å²) in [5.74, 6) is 0.832. The second kappa shape index (κ2) is 7.21. The zero-order valence-electron chi connectivity index (χ0n) is 14.7. The normalized spacial score (nSPS) is 10.5. The molecule has 3 N–H and O–H groups in total. The Kier molecular flexibility index (Phi) is 4.44. The molecule has 0 amide bonds. The third-order valence-electron chi connectivity index (χ3n) is 4.32. The van der Waals surface area contributed by atoms with Gasteiger partial charge in [-0.2, -0.15) is 0 Å². The average Bonchev–Trinajstić information content (AvgIpc) is 2.73. The fourth-order valence-electron chi connectivity index (χ4n) is 2.97. The molecular formula is C21H15N5O2. The molecule has 2 aromatic carbocycles. The average molecular weight is 369 g/mol. The van der Waals surface area contributed by atoms with Crippen molar-refractivity contribution in [1.29, 1.82) is 0 Å². The summed E-state index contributed by atoms with van der Waals surface area (Å²) >= 11 is 0. The highest BCUT2D eigenvalue weighted by atomic mass is 16.3. The van der Waals surface area contributed by atoms with Crippen LogP contribution in [0.1, 0.15) is 5.56 Å². The first-order valence-electron chi connectivity index (χ1n) is 8.51. The van der Waals surface area contributed by atoms with Crippen LogP contribution in [-0.2, 0) is 6.54 Å². The van der Waals surface area contributed by atoms with Crippen LogP contribution in [0.2, 0.25) is 0 Å². The lowest BCUT2D eigenvalue weighted by Crippen LogP contribution is -2.15. The number of aromatic nitrogens is 2. The van der Waals surface area contributed by atoms with Crippen LogP contribution in [0.4, 0.5) is 17.3 Å². The molecule has 4 aromatic rings. The van der Waals surface area contributed by atoms with Crippen LogP contribution in [0.25, 0.3) is 27.1 Å². The lowest BCUT2D eigenvalue weighted by molar-refractivity contribution is 0.611. The third kappa shape index (κ3) is 3.04. The minimum atomic E-state index is -0.139. The maximum atomic E-state index is 13.1. The maximum Gasteiger partial charge on any atom is 0.268 e. The van der Waals surface area contributed by atoms with E-state index in [9.17, 15) is 4.79 Å². The lowest BCUT2D eigenvalue weighted by atomic mass is 10.0. The van der Waals surface area contributed by atoms with Gasteiger partial charge in [0.25, 0.3) is 5.69 Å². The van der Waals surface area contributed by atoms with E-state index < -0.39 is 0 Å². The SMILES string of the molecule is [C-]#[N+]c1c(N)ncnc1NCc1c(-c2ccccc2)oc2ccccc2c1=O. The Labute approximate surface area is 160 Å². The van der Waals surface area contributed by atoms with Crippen molar-refractivity contribution in [3.63, 3.8) is 0 Å². The summed E-state index contributed by atoms with van der Waals surface area (Å²) in [7, 11) is 0. The van der Waals surface area contributed by atoms with Crippen molar-refractivity contribution in [2.24, 2.45) is 0 Å². The topological polar surface area (TPSA) is 98.4 Å². The van der Waals surface area contributed by atoms with Crippen LogP contribution >= 0.6 is 0 Å². The number of nitrogens with zero attached hydrogens (tertiary/aromatic N) is 3. The molecule has 0 radical (unpaired) electrons. The van der Waals surface area contributed by atoms with Gasteiger partial charge in [0.2, 0.25) is 0 Å². The number of nitrogen functional groups attached to an aromatic ring is 1. The number of nitrogens with two attached hydrogens (primary N) is 1. The molecule has 0 unspecified atom stereocenters. The van der Waals surface area contributed by atoms with Gasteiger partial charge in [0, 0.05) is 12.1 Å². The van der Waals surface area contributed by atoms with Gasteiger partial charge in [-0.3, -0.25) is 4.79 Å². The second-order valence-electron chi connectivity index (χ2n) is 6.02. The zero-order valence-corrected chi connectivity index (χ0v) is 14.7. The van der Waals surface area contributed by atoms with Crippen molar-refractivity contribution < 1.29 is 4.42 Å². The first kappa shape index (κ1) is 17.2. The molecule has 28 heavy (non-hydrogen) atoms. The Morgan fingerprint density at radius 1 is 1.07 bits per heavy atom. The Hall–Kier alpha value is -4.18. The van der Waals surface area contributed by atoms with Crippen LogP contribution in [0.15, 0.2) is 70.1 Å². The summed E-state index contributed by atoms with van der Waals surface area (Å²) in [5, 5.41) is 3.52. The van der Waals surface area contributed by atoms with Gasteiger partial charge < -0.3 is 15.5 Å². The van der Waals surface area contributed by atoms with Gasteiger partial charge in [-0.15, -0.1) is 0 Å². The van der Waals surface area contributed by atoms with E-state index in [1.165, 1.54) is 6.33 Å². The van der Waals surface area contributed by atoms with Crippen molar-refractivity contribution in [1.82, 2.24) is 9.97 Å². The summed E-state index contributed by atoms with van der Waals surface area (Å²) in [6, 6.07) is 16.5. The highest BCUT2D eigenvalue weighted by Gasteiger charge is 2.17. The minimum absolute atomic E-state index is 0.0846. The molecule has 0 saturated heterocycles. The van der Waals surface area contributed by atoms with Crippen molar-refractivity contribution in [3.8, 4) is 11.3 Å². The number of fused-ring (bicyclic) bond motifs is 1. The van der Waals surface area contributed by atoms with Crippen molar-refractivity contribution in [3.05, 3.63) is 88.1 Å². The summed E-state index contributed by atoms with van der Waals surface area (Å²) < 4.78 is 6.07. The summed E-state index contributed by atoms with van der Waals surface area (Å²) in [6.07, 6.45) is 1.27. The van der Waals surface area contributed by atoms with E-state index >= 15 is 0 Å². The first-order valence-corrected chi connectivity index (χ1v) is 8.51. The van der Waals surface area contributed by atoms with Gasteiger partial charge in [0.15, 0.2) is 5.43 Å². The van der Waals surface area contributed by atoms with E-state index in [0.717, 1.165) is 5.56 Å². The van der Waals surface area contributed by atoms with E-state index in [4.69, 9.17) is 16.7 Å². The number of para-hydroxylation sites is 1. The van der Waals surface area contributed by atoms with Crippen molar-refractivity contribution >= 4 is 28.3 Å². The van der Waals surface area contributed by atoms with Crippen LogP contribution in [0, 0.1) is 6.57 Å². The standard InChI is InChI=1S/C21H15N5O2/c1-23-17-20(22)25-12-26-21(17)24-11-15-18(27)14-9-5-6-10-16(14)28-19(15)13-7-3-2-4-8-13/h2-10,12H,11H2,(H3,22,24,25,26). The fraction of sp³-hybridized carbons (Fsp3) is 0.0476. The largest absolute Gasteiger partial charge is 0.455 e. The molecule has 0 aliphatic heterocycles. The maximum absolute atomic E-state index is 13.1. The molecule has 2 aromatic heterocycles. The van der Waals surface area contributed by atoms with E-state index in [2.05, 4.69) is 20.1 Å². The first-order chi connectivity index (χ1) is 13.7. The summed E-state index contributed by atoms with van der Waals surface area (Å²) in [4.78, 5) is 24.4. The van der Waals surface area contributed by atoms with Crippen LogP contribution in [-0.4, -0.2) is 9.97 Å². The molecule has 7 nitrogen and oxygen atoms in total. The third-order valence-corrected chi connectivity index (χ3v) is 4.32. The minimum Gasteiger partial charge on any atom is -0.455 e. The Morgan fingerprint density at radius 2 is 1.82 bits per heavy atom. The fourth-order valence-corrected chi connectivity index (χ4v) is 2.97. The predicted octanol–water partition coefficient (Wildman–Crippen LogP) is 4.00. The monoisotopic (exact) mass is 369 g/mol. The Bertz CT molecular complexity index is 1260. The smallest absolute Gasteiger partial charge is 0.268 e. The van der Waals surface area contributed by atoms with Crippen molar-refractivity contribution in [2.75, 3.05) is 11.1 Å². The molecule has 0 atom stereocenters. The molecular weight excluding hydrogens is 354 g/mol. The highest BCUT2D eigenvalue weighted by Crippen LogP contribution is 2.29. The molecule has 2 heterocycles. The molecule has 0 spiro atoms. The highest BCUT2D eigenvalue weighted by molar-refractivity contribution is 5.81. The molecule has 136 valence electrons. The van der Waals surface area contributed by atoms with Crippen LogP contribution in [0.5, 0.6) is 0 Å². The van der Waals surface area contributed by atoms with Gasteiger partial charge in [-0.25, -0.2) is 14.8 Å². The Balaban J connectivity index is 1.84. The lowest BCUT2D eigenvalue weighted by Gasteiger charge is -2.12. The number of nitrogens with one attached hydrogen (secondary N) is 1. The van der Waals surface area contributed by atoms with Crippen LogP contribution in [0.3, 0.4) is 0 Å². The molecule has 4 rings (SSSR count). The van der Waals surface area contributed by atoms with E-state index in [0.29, 0.717) is 22.3 Å². The molecule has 0 aliphatic carbocycles. The van der Waals surface area contributed by atoms with E-state index in [-0.39, 0.29) is 29.3 Å². The second-order valence-corrected chi connectivity index (χ2v) is 6.02. The number of hydrogen-bond donors (Lipinski definition) is 2. The van der Waals surface area contributed by atoms with E-state index in [1.807, 2.05) is 36.4 Å². The summed E-state index contributed by atoms with van der Waals surface area (Å²) in [5.41, 5.74) is 7.47. The molecule has 0 aliphatic rings. The van der Waals surface area contributed by atoms with Gasteiger partial charge in [0.1, 0.15) is 29.3 Å². The van der Waals surface area contributed by atoms with E-state index in [1.54, 1.807) is 18.2 Å². The zero-order chi connectivity index (χ0) is 19.5. The van der Waals surface area contributed by atoms with Gasteiger partial charge in [-0.1, -0.05) is 42.5 Å². The molecule has 0 saturated carbocycles. The van der Waals surface area contributed by atoms with Gasteiger partial charge in [-0.05, 0) is 12.1 Å². The number of anilines is 2. The summed E-state index contributed by atoms with van der Waals surface area (Å²) in [6.45, 7) is 7.40. The van der Waals surface area contributed by atoms with Gasteiger partial charge in [0.05, 0.1) is 17.5 Å². The van der Waals surface area contributed by atoms with Gasteiger partial charge >= 0.3 is 0 Å². The Morgan fingerprint density at radius 3 is 2.61 bits per heavy atom. The molecule has 7 heteroatoms. The van der Waals surface area contributed by atoms with Crippen LogP contribution < -0.4 is 16.5 Å². The number of rotatable bonds is 4. The number of hydrogen-bond acceptors (Lipinski definition) is 6.